The number of nitrogens with zero attached hydrogens (tertiary/aromatic N) is 6. The molecule has 0 spiro atoms. The topological polar surface area (TPSA) is 138 Å². The Bertz CT molecular complexity index is 2440. The first-order valence-electron chi connectivity index (χ1n) is 15.6. The van der Waals surface area contributed by atoms with Crippen LogP contribution in [0.25, 0.3) is 27.4 Å². The Morgan fingerprint density at radius 3 is 2.64 bits per heavy atom. The maximum Gasteiger partial charge on any atom is 0.359 e. The number of rotatable bonds is 5. The normalized spacial score (nSPS) is 13.4. The summed E-state index contributed by atoms with van der Waals surface area (Å²) < 4.78 is 51.9. The van der Waals surface area contributed by atoms with Crippen molar-refractivity contribution in [2.24, 2.45) is 0 Å². The first kappa shape index (κ1) is 33.0. The number of carbonyl (C=O) groups is 1. The van der Waals surface area contributed by atoms with Gasteiger partial charge in [0.05, 0.1) is 47.8 Å². The molecule has 0 saturated carbocycles. The van der Waals surface area contributed by atoms with Gasteiger partial charge in [-0.15, -0.1) is 0 Å². The van der Waals surface area contributed by atoms with Crippen molar-refractivity contribution < 1.29 is 22.7 Å². The molecule has 2 aliphatic rings. The second-order valence-electron chi connectivity index (χ2n) is 11.7. The van der Waals surface area contributed by atoms with Crippen molar-refractivity contribution in [1.29, 1.82) is 0 Å². The third-order valence-corrected chi connectivity index (χ3v) is 8.88. The molecule has 0 aliphatic carbocycles. The second kappa shape index (κ2) is 13.4. The maximum absolute atomic E-state index is 15.1. The summed E-state index contributed by atoms with van der Waals surface area (Å²) in [6.07, 6.45) is 5.25. The Morgan fingerprint density at radius 1 is 1.00 bits per heavy atom. The fourth-order valence-corrected chi connectivity index (χ4v) is 6.44. The summed E-state index contributed by atoms with van der Waals surface area (Å²) in [7, 11) is 1.57. The van der Waals surface area contributed by atoms with E-state index in [4.69, 9.17) is 16.3 Å². The van der Waals surface area contributed by atoms with Gasteiger partial charge in [0.2, 0.25) is 11.9 Å². The number of nitrogens with one attached hydrogen (secondary N) is 2. The lowest BCUT2D eigenvalue weighted by Crippen LogP contribution is -2.42. The van der Waals surface area contributed by atoms with Gasteiger partial charge in [0.25, 0.3) is 0 Å². The molecule has 0 unspecified atom stereocenters. The number of pyridine rings is 1. The van der Waals surface area contributed by atoms with Crippen molar-refractivity contribution in [3.05, 3.63) is 115 Å². The average molecular weight is 705 g/mol. The highest BCUT2D eigenvalue weighted by Gasteiger charge is 2.24. The number of fused-ring (bicyclic) bond motifs is 8. The van der Waals surface area contributed by atoms with Crippen molar-refractivity contribution in [2.75, 3.05) is 25.6 Å². The van der Waals surface area contributed by atoms with Crippen LogP contribution in [0, 0.1) is 17.5 Å². The van der Waals surface area contributed by atoms with E-state index in [0.717, 1.165) is 9.13 Å². The van der Waals surface area contributed by atoms with Crippen LogP contribution in [-0.4, -0.2) is 55.1 Å². The zero-order valence-corrected chi connectivity index (χ0v) is 27.2. The zero-order valence-electron chi connectivity index (χ0n) is 26.5. The highest BCUT2D eigenvalue weighted by atomic mass is 35.5. The molecule has 3 aromatic carbocycles. The molecule has 12 nitrogen and oxygen atoms in total. The number of methoxy groups -OCH3 is 1. The van der Waals surface area contributed by atoms with E-state index in [0.29, 0.717) is 58.1 Å². The van der Waals surface area contributed by atoms with Gasteiger partial charge in [0, 0.05) is 60.3 Å². The van der Waals surface area contributed by atoms with E-state index in [1.807, 2.05) is 0 Å². The lowest BCUT2D eigenvalue weighted by atomic mass is 10.0. The number of carbonyl (C=O) groups excluding carboxylic acids is 1. The molecule has 1 amide bonds. The van der Waals surface area contributed by atoms with Crippen LogP contribution in [0.4, 0.5) is 24.8 Å². The molecular weight excluding hydrogens is 677 g/mol. The fourth-order valence-electron chi connectivity index (χ4n) is 6.18. The van der Waals surface area contributed by atoms with Gasteiger partial charge >= 0.3 is 11.4 Å². The van der Waals surface area contributed by atoms with Gasteiger partial charge in [0.15, 0.2) is 11.6 Å². The van der Waals surface area contributed by atoms with Crippen LogP contribution in [0.1, 0.15) is 23.1 Å². The van der Waals surface area contributed by atoms with Gasteiger partial charge in [-0.2, -0.15) is 10.1 Å². The molecule has 0 fully saturated rings. The number of aryl methyl sites for hydroxylation is 1. The van der Waals surface area contributed by atoms with Gasteiger partial charge in [-0.25, -0.2) is 27.3 Å². The standard InChI is InChI=1S/C34H28ClF3N8O4/c1-50-10-9-44-17-22-21-7-8-40-29(47)6-5-18-3-2-4-19-14-39-15-28(30(18)19)46-33(48)42-32(41-31(21)23(35)12-27(22)43-44)45(34(46)49)16-20-11-25(37)26(38)13-24(20)36/h2-4,11-15,17H,5-10,16H2,1H3,(H,40,47)(H,41,42,48). The Hall–Kier alpha value is -5.54. The molecule has 2 aliphatic heterocycles. The molecule has 256 valence electrons. The molecule has 2 N–H and O–H groups in total. The molecule has 3 aromatic heterocycles. The first-order chi connectivity index (χ1) is 24.1. The van der Waals surface area contributed by atoms with E-state index in [1.165, 1.54) is 6.20 Å². The van der Waals surface area contributed by atoms with Crippen molar-refractivity contribution >= 4 is 50.8 Å². The van der Waals surface area contributed by atoms with E-state index in [2.05, 4.69) is 25.7 Å². The monoisotopic (exact) mass is 704 g/mol. The van der Waals surface area contributed by atoms with Crippen LogP contribution in [0.15, 0.2) is 64.6 Å². The number of halogens is 4. The van der Waals surface area contributed by atoms with Crippen LogP contribution >= 0.6 is 11.6 Å². The van der Waals surface area contributed by atoms with Crippen molar-refractivity contribution in [3.8, 4) is 5.69 Å². The molecule has 6 aromatic rings. The van der Waals surface area contributed by atoms with Gasteiger partial charge in [0.1, 0.15) is 5.82 Å². The summed E-state index contributed by atoms with van der Waals surface area (Å²) in [6, 6.07) is 7.91. The summed E-state index contributed by atoms with van der Waals surface area (Å²) >= 11 is 6.81. The number of anilines is 2. The number of ether oxygens (including phenoxy) is 1. The largest absolute Gasteiger partial charge is 0.383 e. The molecule has 16 heteroatoms. The van der Waals surface area contributed by atoms with Crippen LogP contribution in [-0.2, 0) is 35.5 Å². The Kier molecular flexibility index (Phi) is 8.84. The van der Waals surface area contributed by atoms with Gasteiger partial charge in [-0.3, -0.25) is 19.0 Å². The second-order valence-corrected chi connectivity index (χ2v) is 12.1. The number of aromatic nitrogens is 6. The maximum atomic E-state index is 15.1. The minimum absolute atomic E-state index is 0.0720. The van der Waals surface area contributed by atoms with Crippen LogP contribution in [0.2, 0.25) is 5.02 Å². The molecule has 0 radical (unpaired) electrons. The number of hydrogen-bond acceptors (Lipinski definition) is 8. The van der Waals surface area contributed by atoms with Crippen molar-refractivity contribution in [2.45, 2.75) is 32.4 Å². The Labute approximate surface area is 286 Å². The summed E-state index contributed by atoms with van der Waals surface area (Å²) in [6.45, 7) is 0.364. The molecule has 2 bridgehead atoms. The smallest absolute Gasteiger partial charge is 0.359 e. The summed E-state index contributed by atoms with van der Waals surface area (Å²) in [5, 5.41) is 12.4. The molecule has 5 heterocycles. The van der Waals surface area contributed by atoms with E-state index in [1.54, 1.807) is 48.5 Å². The van der Waals surface area contributed by atoms with Crippen LogP contribution in [0.3, 0.4) is 0 Å². The van der Waals surface area contributed by atoms with Gasteiger partial charge < -0.3 is 15.4 Å². The number of amides is 1. The Balaban J connectivity index is 1.50. The van der Waals surface area contributed by atoms with E-state index < -0.39 is 35.4 Å². The molecule has 0 saturated heterocycles. The molecule has 0 atom stereocenters. The van der Waals surface area contributed by atoms with Crippen LogP contribution in [0.5, 0.6) is 0 Å². The van der Waals surface area contributed by atoms with Gasteiger partial charge in [-0.05, 0) is 36.1 Å². The van der Waals surface area contributed by atoms with E-state index in [-0.39, 0.29) is 59.6 Å². The average Bonchev–Trinajstić information content (AvgIpc) is 3.49. The first-order valence-corrected chi connectivity index (χ1v) is 15.9. The number of benzene rings is 3. The highest BCUT2D eigenvalue weighted by Crippen LogP contribution is 2.35. The van der Waals surface area contributed by atoms with Crippen molar-refractivity contribution in [1.82, 2.24) is 34.2 Å². The lowest BCUT2D eigenvalue weighted by Gasteiger charge is -2.20. The fraction of sp³-hybridized carbons (Fsp3) is 0.235. The van der Waals surface area contributed by atoms with Gasteiger partial charge in [-0.1, -0.05) is 29.8 Å². The number of hydrogen-bond donors (Lipinski definition) is 2. The molecule has 50 heavy (non-hydrogen) atoms. The zero-order chi connectivity index (χ0) is 35.1. The predicted molar refractivity (Wildman–Crippen MR) is 180 cm³/mol. The van der Waals surface area contributed by atoms with Crippen LogP contribution < -0.4 is 22.0 Å². The predicted octanol–water partition coefficient (Wildman–Crippen LogP) is 4.41. The third-order valence-electron chi connectivity index (χ3n) is 8.58. The Morgan fingerprint density at radius 2 is 1.82 bits per heavy atom. The lowest BCUT2D eigenvalue weighted by molar-refractivity contribution is -0.121. The SMILES string of the molecule is COCCn1cc2c3c(c(Cl)cc2n1)Nc1nc(=O)n(c(=O)n1Cc1cc(F)c(F)cc1F)-c1cncc2cccc(c12)CCC(=O)NCC3. The van der Waals surface area contributed by atoms with E-state index >= 15 is 4.39 Å². The molecule has 8 rings (SSSR count). The summed E-state index contributed by atoms with van der Waals surface area (Å²) in [5.41, 5.74) is -0.267. The van der Waals surface area contributed by atoms with E-state index in [9.17, 15) is 23.2 Å². The quantitative estimate of drug-likeness (QED) is 0.252. The molecular formula is C34H28ClF3N8O4. The third kappa shape index (κ3) is 6.09. The van der Waals surface area contributed by atoms with Crippen molar-refractivity contribution in [3.63, 3.8) is 0 Å². The minimum atomic E-state index is -1.40. The minimum Gasteiger partial charge on any atom is -0.383 e. The highest BCUT2D eigenvalue weighted by molar-refractivity contribution is 6.34. The summed E-state index contributed by atoms with van der Waals surface area (Å²) in [4.78, 5) is 49.9. The summed E-state index contributed by atoms with van der Waals surface area (Å²) in [5.74, 6) is -4.41.